The minimum atomic E-state index is -0.634. The molecule has 146 valence electrons. The van der Waals surface area contributed by atoms with Crippen LogP contribution >= 0.6 is 0 Å². The molecule has 0 atom stereocenters. The number of aromatic hydroxyl groups is 1. The molecule has 0 unspecified atom stereocenters. The van der Waals surface area contributed by atoms with Crippen molar-refractivity contribution in [1.29, 1.82) is 5.26 Å². The fourth-order valence-corrected chi connectivity index (χ4v) is 2.78. The number of pyridine rings is 1. The highest BCUT2D eigenvalue weighted by Crippen LogP contribution is 2.26. The lowest BCUT2D eigenvalue weighted by Gasteiger charge is -2.15. The van der Waals surface area contributed by atoms with Gasteiger partial charge in [0.2, 0.25) is 0 Å². The number of nitriles is 1. The minimum absolute atomic E-state index is 0.133. The SMILES string of the molecule is CN(CCC#N)C(=O)COC(=O)c1cc(-c2ccc(O)cc2)nc2ccccc12. The zero-order valence-corrected chi connectivity index (χ0v) is 15.8. The van der Waals surface area contributed by atoms with Gasteiger partial charge >= 0.3 is 5.97 Å². The number of esters is 1. The Bertz CT molecular complexity index is 1090. The van der Waals surface area contributed by atoms with Crippen molar-refractivity contribution in [3.63, 3.8) is 0 Å². The molecule has 0 fully saturated rings. The van der Waals surface area contributed by atoms with Gasteiger partial charge in [0.05, 0.1) is 29.3 Å². The molecule has 1 amide bonds. The molecule has 0 spiro atoms. The second-order valence-corrected chi connectivity index (χ2v) is 6.42. The molecule has 3 rings (SSSR count). The average Bonchev–Trinajstić information content (AvgIpc) is 2.75. The van der Waals surface area contributed by atoms with Crippen LogP contribution in [-0.4, -0.2) is 47.1 Å². The van der Waals surface area contributed by atoms with Gasteiger partial charge in [0, 0.05) is 24.5 Å². The van der Waals surface area contributed by atoms with Crippen molar-refractivity contribution in [3.8, 4) is 23.1 Å². The van der Waals surface area contributed by atoms with Crippen molar-refractivity contribution in [2.75, 3.05) is 20.2 Å². The largest absolute Gasteiger partial charge is 0.508 e. The molecule has 0 aliphatic heterocycles. The van der Waals surface area contributed by atoms with Crippen LogP contribution in [-0.2, 0) is 9.53 Å². The number of phenols is 1. The van der Waals surface area contributed by atoms with E-state index < -0.39 is 12.6 Å². The van der Waals surface area contributed by atoms with Crippen LogP contribution in [0.4, 0.5) is 0 Å². The molecule has 1 N–H and O–H groups in total. The Balaban J connectivity index is 1.87. The normalized spacial score (nSPS) is 10.3. The number of rotatable bonds is 6. The number of ether oxygens (including phenoxy) is 1. The van der Waals surface area contributed by atoms with E-state index in [1.807, 2.05) is 12.1 Å². The Morgan fingerprint density at radius 3 is 2.62 bits per heavy atom. The Hall–Kier alpha value is -3.92. The lowest BCUT2D eigenvalue weighted by molar-refractivity contribution is -0.133. The summed E-state index contributed by atoms with van der Waals surface area (Å²) >= 11 is 0. The van der Waals surface area contributed by atoms with Gasteiger partial charge in [-0.3, -0.25) is 4.79 Å². The summed E-state index contributed by atoms with van der Waals surface area (Å²) in [6.07, 6.45) is 0.209. The Morgan fingerprint density at radius 1 is 1.17 bits per heavy atom. The van der Waals surface area contributed by atoms with Crippen molar-refractivity contribution in [3.05, 3.63) is 60.2 Å². The monoisotopic (exact) mass is 389 g/mol. The van der Waals surface area contributed by atoms with Crippen LogP contribution in [0.25, 0.3) is 22.2 Å². The van der Waals surface area contributed by atoms with Gasteiger partial charge < -0.3 is 14.7 Å². The first-order chi connectivity index (χ1) is 14.0. The second-order valence-electron chi connectivity index (χ2n) is 6.42. The van der Waals surface area contributed by atoms with Crippen LogP contribution in [0.1, 0.15) is 16.8 Å². The molecule has 7 nitrogen and oxygen atoms in total. The van der Waals surface area contributed by atoms with E-state index in [4.69, 9.17) is 10.00 Å². The van der Waals surface area contributed by atoms with Crippen molar-refractivity contribution < 1.29 is 19.4 Å². The van der Waals surface area contributed by atoms with Crippen LogP contribution in [0, 0.1) is 11.3 Å². The molecular weight excluding hydrogens is 370 g/mol. The second kappa shape index (κ2) is 8.85. The topological polar surface area (TPSA) is 104 Å². The maximum atomic E-state index is 12.7. The summed E-state index contributed by atoms with van der Waals surface area (Å²) in [6.45, 7) is -0.137. The summed E-state index contributed by atoms with van der Waals surface area (Å²) in [4.78, 5) is 30.7. The number of likely N-dealkylation sites (N-methyl/N-ethyl adjacent to an activating group) is 1. The first kappa shape index (κ1) is 19.8. The highest BCUT2D eigenvalue weighted by molar-refractivity contribution is 6.05. The summed E-state index contributed by atoms with van der Waals surface area (Å²) in [5.74, 6) is -0.885. The molecule has 1 aromatic heterocycles. The molecule has 29 heavy (non-hydrogen) atoms. The van der Waals surface area contributed by atoms with E-state index in [1.54, 1.807) is 55.6 Å². The average molecular weight is 389 g/mol. The highest BCUT2D eigenvalue weighted by Gasteiger charge is 2.17. The number of benzene rings is 2. The predicted molar refractivity (Wildman–Crippen MR) is 107 cm³/mol. The van der Waals surface area contributed by atoms with Crippen LogP contribution in [0.5, 0.6) is 5.75 Å². The Morgan fingerprint density at radius 2 is 1.90 bits per heavy atom. The number of phenolic OH excluding ortho intramolecular Hbond substituents is 1. The lowest BCUT2D eigenvalue weighted by Crippen LogP contribution is -2.32. The summed E-state index contributed by atoms with van der Waals surface area (Å²) in [6, 6.07) is 17.2. The fourth-order valence-electron chi connectivity index (χ4n) is 2.78. The third-order valence-corrected chi connectivity index (χ3v) is 4.41. The van der Waals surface area contributed by atoms with Gasteiger partial charge in [0.25, 0.3) is 5.91 Å². The maximum Gasteiger partial charge on any atom is 0.339 e. The molecule has 0 bridgehead atoms. The molecule has 0 saturated carbocycles. The summed E-state index contributed by atoms with van der Waals surface area (Å²) in [5, 5.41) is 18.7. The standard InChI is InChI=1S/C22H19N3O4/c1-25(12-4-11-23)21(27)14-29-22(28)18-13-20(15-7-9-16(26)10-8-15)24-19-6-3-2-5-17(18)19/h2-3,5-10,13,26H,4,12,14H2,1H3. The van der Waals surface area contributed by atoms with E-state index in [0.717, 1.165) is 5.56 Å². The van der Waals surface area contributed by atoms with E-state index >= 15 is 0 Å². The van der Waals surface area contributed by atoms with Crippen LogP contribution in [0.3, 0.4) is 0 Å². The van der Waals surface area contributed by atoms with E-state index in [9.17, 15) is 14.7 Å². The Kier molecular flexibility index (Phi) is 6.05. The molecule has 1 heterocycles. The van der Waals surface area contributed by atoms with Crippen LogP contribution < -0.4 is 0 Å². The molecule has 0 aliphatic rings. The van der Waals surface area contributed by atoms with Gasteiger partial charge in [0.15, 0.2) is 6.61 Å². The van der Waals surface area contributed by atoms with E-state index in [0.29, 0.717) is 22.2 Å². The first-order valence-electron chi connectivity index (χ1n) is 8.97. The summed E-state index contributed by atoms with van der Waals surface area (Å²) in [7, 11) is 1.55. The van der Waals surface area contributed by atoms with E-state index in [1.165, 1.54) is 4.90 Å². The number of carbonyl (C=O) groups is 2. The molecule has 2 aromatic carbocycles. The zero-order chi connectivity index (χ0) is 20.8. The Labute approximate surface area is 167 Å². The molecule has 0 aliphatic carbocycles. The molecule has 7 heteroatoms. The van der Waals surface area contributed by atoms with Gasteiger partial charge in [-0.15, -0.1) is 0 Å². The van der Waals surface area contributed by atoms with Crippen molar-refractivity contribution in [2.45, 2.75) is 6.42 Å². The summed E-state index contributed by atoms with van der Waals surface area (Å²) < 4.78 is 5.23. The number of hydrogen-bond acceptors (Lipinski definition) is 6. The van der Waals surface area contributed by atoms with E-state index in [2.05, 4.69) is 4.98 Å². The number of fused-ring (bicyclic) bond motifs is 1. The van der Waals surface area contributed by atoms with Crippen molar-refractivity contribution in [1.82, 2.24) is 9.88 Å². The quantitative estimate of drug-likeness (QED) is 0.650. The summed E-state index contributed by atoms with van der Waals surface area (Å²) in [5.41, 5.74) is 2.19. The number of para-hydroxylation sites is 1. The maximum absolute atomic E-state index is 12.7. The van der Waals surface area contributed by atoms with Gasteiger partial charge in [-0.2, -0.15) is 5.26 Å². The third kappa shape index (κ3) is 4.68. The third-order valence-electron chi connectivity index (χ3n) is 4.41. The van der Waals surface area contributed by atoms with Gasteiger partial charge in [-0.1, -0.05) is 18.2 Å². The van der Waals surface area contributed by atoms with E-state index in [-0.39, 0.29) is 24.6 Å². The smallest absolute Gasteiger partial charge is 0.339 e. The lowest BCUT2D eigenvalue weighted by atomic mass is 10.0. The predicted octanol–water partition coefficient (Wildman–Crippen LogP) is 3.14. The fraction of sp³-hybridized carbons (Fsp3) is 0.182. The van der Waals surface area contributed by atoms with Crippen LogP contribution in [0.2, 0.25) is 0 Å². The number of carbonyl (C=O) groups excluding carboxylic acids is 2. The zero-order valence-electron chi connectivity index (χ0n) is 15.8. The number of hydrogen-bond donors (Lipinski definition) is 1. The van der Waals surface area contributed by atoms with Gasteiger partial charge in [-0.05, 0) is 36.4 Å². The molecule has 0 saturated heterocycles. The van der Waals surface area contributed by atoms with Gasteiger partial charge in [-0.25, -0.2) is 9.78 Å². The van der Waals surface area contributed by atoms with Crippen LogP contribution in [0.15, 0.2) is 54.6 Å². The molecular formula is C22H19N3O4. The minimum Gasteiger partial charge on any atom is -0.508 e. The number of amides is 1. The molecule has 3 aromatic rings. The first-order valence-corrected chi connectivity index (χ1v) is 8.97. The number of nitrogens with zero attached hydrogens (tertiary/aromatic N) is 3. The van der Waals surface area contributed by atoms with Gasteiger partial charge in [0.1, 0.15) is 5.75 Å². The highest BCUT2D eigenvalue weighted by atomic mass is 16.5. The van der Waals surface area contributed by atoms with Crippen molar-refractivity contribution in [2.24, 2.45) is 0 Å². The molecule has 0 radical (unpaired) electrons. The van der Waals surface area contributed by atoms with Crippen molar-refractivity contribution >= 4 is 22.8 Å². The number of aromatic nitrogens is 1.